The second kappa shape index (κ2) is 8.49. The second-order valence-electron chi connectivity index (χ2n) is 9.28. The fourth-order valence-corrected chi connectivity index (χ4v) is 4.80. The third kappa shape index (κ3) is 3.82. The van der Waals surface area contributed by atoms with Gasteiger partial charge >= 0.3 is 6.18 Å². The number of hydrogen-bond acceptors (Lipinski definition) is 6. The number of benzene rings is 4. The van der Waals surface area contributed by atoms with Crippen molar-refractivity contribution < 1.29 is 13.2 Å². The molecule has 4 aromatic carbocycles. The van der Waals surface area contributed by atoms with E-state index in [2.05, 4.69) is 0 Å². The summed E-state index contributed by atoms with van der Waals surface area (Å²) >= 11 is 0. The van der Waals surface area contributed by atoms with E-state index in [-0.39, 0.29) is 5.52 Å². The molecule has 1 aliphatic heterocycles. The van der Waals surface area contributed by atoms with Gasteiger partial charge in [-0.2, -0.15) is 13.2 Å². The van der Waals surface area contributed by atoms with Crippen LogP contribution in [0.2, 0.25) is 0 Å². The van der Waals surface area contributed by atoms with Gasteiger partial charge in [-0.1, -0.05) is 42.5 Å². The summed E-state index contributed by atoms with van der Waals surface area (Å²) in [6.07, 6.45) is -4.50. The van der Waals surface area contributed by atoms with Gasteiger partial charge in [0.25, 0.3) is 0 Å². The Morgan fingerprint density at radius 1 is 0.513 bits per heavy atom. The van der Waals surface area contributed by atoms with Crippen LogP contribution in [0.1, 0.15) is 11.1 Å². The average Bonchev–Trinajstić information content (AvgIpc) is 2.94. The molecule has 2 aromatic heterocycles. The van der Waals surface area contributed by atoms with E-state index in [1.807, 2.05) is 95.6 Å². The molecule has 190 valence electrons. The lowest BCUT2D eigenvalue weighted by Gasteiger charge is -2.36. The summed E-state index contributed by atoms with van der Waals surface area (Å²) in [7, 11) is 0. The van der Waals surface area contributed by atoms with E-state index in [0.717, 1.165) is 34.6 Å². The molecule has 1 aliphatic rings. The first-order valence-corrected chi connectivity index (χ1v) is 12.2. The van der Waals surface area contributed by atoms with Crippen LogP contribution in [0.4, 0.5) is 47.8 Å². The fourth-order valence-electron chi connectivity index (χ4n) is 4.80. The third-order valence-electron chi connectivity index (χ3n) is 6.62. The van der Waals surface area contributed by atoms with Crippen molar-refractivity contribution in [1.82, 2.24) is 19.9 Å². The maximum absolute atomic E-state index is 13.6. The van der Waals surface area contributed by atoms with Crippen LogP contribution in [0.15, 0.2) is 97.1 Å². The van der Waals surface area contributed by atoms with Crippen molar-refractivity contribution in [1.29, 1.82) is 0 Å². The van der Waals surface area contributed by atoms with Crippen molar-refractivity contribution >= 4 is 56.7 Å². The average molecular weight is 521 g/mol. The van der Waals surface area contributed by atoms with Crippen LogP contribution in [-0.4, -0.2) is 19.9 Å². The molecule has 0 saturated heterocycles. The highest BCUT2D eigenvalue weighted by molar-refractivity contribution is 6.00. The minimum Gasteiger partial charge on any atom is -0.273 e. The van der Waals surface area contributed by atoms with Gasteiger partial charge in [0.15, 0.2) is 23.3 Å². The summed E-state index contributed by atoms with van der Waals surface area (Å²) < 4.78 is 40.7. The van der Waals surface area contributed by atoms with Gasteiger partial charge in [0.1, 0.15) is 0 Å². The standard InChI is InChI=1S/C30H19F3N6/c1-18-12-14-22-24(16-18)36-28-26(34-22)39(21-10-6-3-7-11-21)29-27(38(28)20-8-4-2-5-9-20)35-23-15-13-19(30(31,32)33)17-25(23)37-29/h2-17H,1H3. The van der Waals surface area contributed by atoms with E-state index in [4.69, 9.17) is 19.9 Å². The Morgan fingerprint density at radius 3 is 1.44 bits per heavy atom. The van der Waals surface area contributed by atoms with Crippen LogP contribution < -0.4 is 9.80 Å². The van der Waals surface area contributed by atoms with Crippen molar-refractivity contribution in [3.05, 3.63) is 108 Å². The van der Waals surface area contributed by atoms with E-state index < -0.39 is 11.7 Å². The summed E-state index contributed by atoms with van der Waals surface area (Å²) in [5, 5.41) is 0. The smallest absolute Gasteiger partial charge is 0.273 e. The van der Waals surface area contributed by atoms with Crippen molar-refractivity contribution in [2.24, 2.45) is 0 Å². The summed E-state index contributed by atoms with van der Waals surface area (Å²) in [4.78, 5) is 23.3. The van der Waals surface area contributed by atoms with Gasteiger partial charge in [0.2, 0.25) is 0 Å². The molecular weight excluding hydrogens is 501 g/mol. The fraction of sp³-hybridized carbons (Fsp3) is 0.0667. The van der Waals surface area contributed by atoms with E-state index >= 15 is 0 Å². The number of rotatable bonds is 2. The molecule has 7 rings (SSSR count). The molecule has 0 saturated carbocycles. The summed E-state index contributed by atoms with van der Waals surface area (Å²) in [5.74, 6) is 1.82. The summed E-state index contributed by atoms with van der Waals surface area (Å²) in [5.41, 5.74) is 3.63. The topological polar surface area (TPSA) is 58.0 Å². The largest absolute Gasteiger partial charge is 0.416 e. The Kier molecular flexibility index (Phi) is 5.03. The zero-order valence-corrected chi connectivity index (χ0v) is 20.6. The molecule has 3 heterocycles. The number of aryl methyl sites for hydroxylation is 1. The predicted molar refractivity (Wildman–Crippen MR) is 145 cm³/mol. The SMILES string of the molecule is Cc1ccc2nc3c(nc2c1)N(c1ccccc1)c1nc2ccc(C(F)(F)F)cc2nc1N3c1ccccc1. The van der Waals surface area contributed by atoms with E-state index in [9.17, 15) is 13.2 Å². The number of fused-ring (bicyclic) bond motifs is 4. The van der Waals surface area contributed by atoms with Crippen LogP contribution in [-0.2, 0) is 6.18 Å². The summed E-state index contributed by atoms with van der Waals surface area (Å²) in [6, 6.07) is 28.3. The van der Waals surface area contributed by atoms with Gasteiger partial charge < -0.3 is 0 Å². The lowest BCUT2D eigenvalue weighted by Crippen LogP contribution is -2.28. The molecule has 6 aromatic rings. The lowest BCUT2D eigenvalue weighted by atomic mass is 10.1. The number of anilines is 6. The molecule has 0 spiro atoms. The van der Waals surface area contributed by atoms with Crippen LogP contribution >= 0.6 is 0 Å². The molecule has 0 atom stereocenters. The van der Waals surface area contributed by atoms with Gasteiger partial charge in [-0.3, -0.25) is 9.80 Å². The molecule has 0 fully saturated rings. The highest BCUT2D eigenvalue weighted by atomic mass is 19.4. The molecule has 0 unspecified atom stereocenters. The highest BCUT2D eigenvalue weighted by Crippen LogP contribution is 2.51. The minimum atomic E-state index is -4.50. The highest BCUT2D eigenvalue weighted by Gasteiger charge is 2.37. The van der Waals surface area contributed by atoms with Crippen molar-refractivity contribution in [3.63, 3.8) is 0 Å². The Labute approximate surface area is 221 Å². The van der Waals surface area contributed by atoms with Crippen LogP contribution in [0.5, 0.6) is 0 Å². The van der Waals surface area contributed by atoms with E-state index in [1.54, 1.807) is 0 Å². The van der Waals surface area contributed by atoms with Gasteiger partial charge in [0.05, 0.1) is 27.6 Å². The number of nitrogens with zero attached hydrogens (tertiary/aromatic N) is 6. The van der Waals surface area contributed by atoms with Crippen LogP contribution in [0.3, 0.4) is 0 Å². The molecular formula is C30H19F3N6. The zero-order valence-electron chi connectivity index (χ0n) is 20.6. The molecule has 0 N–H and O–H groups in total. The number of halogens is 3. The molecule has 0 bridgehead atoms. The normalized spacial score (nSPS) is 13.0. The number of para-hydroxylation sites is 2. The Bertz CT molecular complexity index is 1870. The van der Waals surface area contributed by atoms with Crippen LogP contribution in [0.25, 0.3) is 22.1 Å². The third-order valence-corrected chi connectivity index (χ3v) is 6.62. The molecule has 0 aliphatic carbocycles. The Hall–Kier alpha value is -5.05. The maximum Gasteiger partial charge on any atom is 0.416 e. The monoisotopic (exact) mass is 520 g/mol. The first-order chi connectivity index (χ1) is 18.9. The molecule has 0 amide bonds. The number of aromatic nitrogens is 4. The van der Waals surface area contributed by atoms with E-state index in [0.29, 0.717) is 34.3 Å². The minimum absolute atomic E-state index is 0.130. The first kappa shape index (κ1) is 23.1. The first-order valence-electron chi connectivity index (χ1n) is 12.2. The van der Waals surface area contributed by atoms with Crippen molar-refractivity contribution in [2.45, 2.75) is 13.1 Å². The molecule has 6 nitrogen and oxygen atoms in total. The number of alkyl halides is 3. The van der Waals surface area contributed by atoms with Crippen LogP contribution in [0, 0.1) is 6.92 Å². The Balaban J connectivity index is 1.59. The summed E-state index contributed by atoms with van der Waals surface area (Å²) in [6.45, 7) is 1.99. The molecule has 39 heavy (non-hydrogen) atoms. The van der Waals surface area contributed by atoms with Gasteiger partial charge in [-0.15, -0.1) is 0 Å². The zero-order chi connectivity index (χ0) is 26.7. The van der Waals surface area contributed by atoms with E-state index in [1.165, 1.54) is 6.07 Å². The predicted octanol–water partition coefficient (Wildman–Crippen LogP) is 8.15. The number of hydrogen-bond donors (Lipinski definition) is 0. The molecule has 0 radical (unpaired) electrons. The van der Waals surface area contributed by atoms with Crippen molar-refractivity contribution in [2.75, 3.05) is 9.80 Å². The molecule has 9 heteroatoms. The van der Waals surface area contributed by atoms with Gasteiger partial charge in [-0.05, 0) is 67.1 Å². The van der Waals surface area contributed by atoms with Gasteiger partial charge in [-0.25, -0.2) is 19.9 Å². The van der Waals surface area contributed by atoms with Crippen molar-refractivity contribution in [3.8, 4) is 0 Å². The van der Waals surface area contributed by atoms with Gasteiger partial charge in [0, 0.05) is 11.4 Å². The maximum atomic E-state index is 13.6. The Morgan fingerprint density at radius 2 is 0.949 bits per heavy atom. The lowest BCUT2D eigenvalue weighted by molar-refractivity contribution is -0.137. The second-order valence-corrected chi connectivity index (χ2v) is 9.28. The quantitative estimate of drug-likeness (QED) is 0.229.